The second-order valence-corrected chi connectivity index (χ2v) is 4.52. The summed E-state index contributed by atoms with van der Waals surface area (Å²) in [5, 5.41) is 0. The van der Waals surface area contributed by atoms with E-state index in [1.807, 2.05) is 0 Å². The second-order valence-electron chi connectivity index (χ2n) is 4.52. The van der Waals surface area contributed by atoms with E-state index in [1.54, 1.807) is 0 Å². The van der Waals surface area contributed by atoms with E-state index in [9.17, 15) is 0 Å². The molecule has 0 spiro atoms. The zero-order valence-electron chi connectivity index (χ0n) is 8.65. The van der Waals surface area contributed by atoms with E-state index in [2.05, 4.69) is 43.2 Å². The van der Waals surface area contributed by atoms with Gasteiger partial charge in [0.05, 0.1) is 0 Å². The van der Waals surface area contributed by atoms with Crippen molar-refractivity contribution < 1.29 is 0 Å². The lowest BCUT2D eigenvalue weighted by Gasteiger charge is -2.29. The van der Waals surface area contributed by atoms with Crippen LogP contribution in [-0.4, -0.2) is 0 Å². The molecule has 3 aliphatic rings. The maximum absolute atomic E-state index is 3.12. The molecule has 0 saturated heterocycles. The first-order valence-electron chi connectivity index (χ1n) is 5.49. The van der Waals surface area contributed by atoms with Gasteiger partial charge in [0.2, 0.25) is 0 Å². The lowest BCUT2D eigenvalue weighted by atomic mass is 9.76. The lowest BCUT2D eigenvalue weighted by molar-refractivity contribution is 0.322. The summed E-state index contributed by atoms with van der Waals surface area (Å²) in [6, 6.07) is 0. The van der Waals surface area contributed by atoms with Crippen LogP contribution in [0.15, 0.2) is 43.2 Å². The van der Waals surface area contributed by atoms with Gasteiger partial charge >= 0.3 is 0 Å². The minimum absolute atomic E-state index is 0.954. The summed E-state index contributed by atoms with van der Waals surface area (Å²) in [4.78, 5) is 0. The van der Waals surface area contributed by atoms with Crippen molar-refractivity contribution in [3.8, 4) is 0 Å². The number of hydrogen-bond donors (Lipinski definition) is 0. The molecule has 0 heteroatoms. The third kappa shape index (κ3) is 1.63. The topological polar surface area (TPSA) is 0 Å². The highest BCUT2D eigenvalue weighted by Gasteiger charge is 2.39. The van der Waals surface area contributed by atoms with E-state index >= 15 is 0 Å². The molecule has 0 nitrogen and oxygen atoms in total. The fraction of sp³-hybridized carbons (Fsp3) is 0.500. The summed E-state index contributed by atoms with van der Waals surface area (Å²) < 4.78 is 0. The molecule has 0 N–H and O–H groups in total. The zero-order chi connectivity index (χ0) is 9.97. The molecule has 1 saturated carbocycles. The highest BCUT2D eigenvalue weighted by Crippen LogP contribution is 2.49. The molecule has 3 rings (SSSR count). The predicted molar refractivity (Wildman–Crippen MR) is 60.9 cm³/mol. The van der Waals surface area contributed by atoms with Crippen LogP contribution in [0.5, 0.6) is 0 Å². The summed E-state index contributed by atoms with van der Waals surface area (Å²) in [5.41, 5.74) is 2.25. The highest BCUT2D eigenvalue weighted by atomic mass is 14.4. The largest absolute Gasteiger partial charge is 0.137 e. The van der Waals surface area contributed by atoms with Crippen LogP contribution in [0.2, 0.25) is 0 Å². The lowest BCUT2D eigenvalue weighted by Crippen LogP contribution is -2.20. The Morgan fingerprint density at radius 2 is 1.71 bits per heavy atom. The van der Waals surface area contributed by atoms with Crippen LogP contribution >= 0.6 is 0 Å². The normalized spacial score (nSPS) is 41.1. The van der Waals surface area contributed by atoms with Gasteiger partial charge in [0, 0.05) is 0 Å². The quantitative estimate of drug-likeness (QED) is 0.432. The average molecular weight is 186 g/mol. The van der Waals surface area contributed by atoms with Crippen LogP contribution in [-0.2, 0) is 0 Å². The van der Waals surface area contributed by atoms with Gasteiger partial charge in [-0.1, -0.05) is 37.5 Å². The first-order valence-corrected chi connectivity index (χ1v) is 5.49. The Labute approximate surface area is 86.7 Å². The van der Waals surface area contributed by atoms with Gasteiger partial charge in [-0.15, -0.1) is 5.73 Å². The Balaban J connectivity index is 0.000000226. The minimum Gasteiger partial charge on any atom is -0.137 e. The first kappa shape index (κ1) is 9.55. The molecule has 4 atom stereocenters. The smallest absolute Gasteiger partial charge is 0.0165 e. The van der Waals surface area contributed by atoms with Crippen molar-refractivity contribution in [2.75, 3.05) is 0 Å². The molecule has 0 heterocycles. The van der Waals surface area contributed by atoms with E-state index in [0.29, 0.717) is 0 Å². The minimum atomic E-state index is 0.954. The van der Waals surface area contributed by atoms with E-state index in [0.717, 1.165) is 23.7 Å². The third-order valence-electron chi connectivity index (χ3n) is 3.67. The van der Waals surface area contributed by atoms with Crippen molar-refractivity contribution >= 4 is 0 Å². The van der Waals surface area contributed by atoms with Crippen LogP contribution in [0, 0.1) is 23.7 Å². The van der Waals surface area contributed by atoms with E-state index in [1.165, 1.54) is 19.3 Å². The Bertz CT molecular complexity index is 289. The van der Waals surface area contributed by atoms with Crippen LogP contribution < -0.4 is 0 Å². The first-order chi connectivity index (χ1) is 6.85. The number of allylic oxidation sites excluding steroid dienone is 4. The van der Waals surface area contributed by atoms with Crippen molar-refractivity contribution in [1.29, 1.82) is 0 Å². The standard InChI is InChI=1S/C11H14.C3H4/c1-2-9(3-1)11-7-8-4-5-10(11)6-8;1-3-2/h1-2,4-5,8-11H,3,6-7H2;1-2H2. The van der Waals surface area contributed by atoms with Gasteiger partial charge in [0.25, 0.3) is 0 Å². The predicted octanol–water partition coefficient (Wildman–Crippen LogP) is 3.73. The van der Waals surface area contributed by atoms with Crippen molar-refractivity contribution in [2.45, 2.75) is 19.3 Å². The molecule has 74 valence electrons. The zero-order valence-corrected chi connectivity index (χ0v) is 8.65. The molecule has 2 bridgehead atoms. The Morgan fingerprint density at radius 1 is 1.00 bits per heavy atom. The summed E-state index contributed by atoms with van der Waals surface area (Å²) >= 11 is 0. The van der Waals surface area contributed by atoms with Crippen molar-refractivity contribution in [3.63, 3.8) is 0 Å². The van der Waals surface area contributed by atoms with Crippen LogP contribution in [0.3, 0.4) is 0 Å². The number of fused-ring (bicyclic) bond motifs is 2. The second kappa shape index (κ2) is 4.02. The summed E-state index contributed by atoms with van der Waals surface area (Å²) in [6.07, 6.45) is 13.9. The van der Waals surface area contributed by atoms with Gasteiger partial charge in [0.15, 0.2) is 0 Å². The molecule has 0 aliphatic heterocycles. The Morgan fingerprint density at radius 3 is 2.07 bits per heavy atom. The summed E-state index contributed by atoms with van der Waals surface area (Å²) in [6.45, 7) is 6.25. The molecule has 0 radical (unpaired) electrons. The fourth-order valence-electron chi connectivity index (χ4n) is 2.93. The maximum atomic E-state index is 3.12. The molecular formula is C14H18. The molecule has 3 aliphatic carbocycles. The molecular weight excluding hydrogens is 168 g/mol. The van der Waals surface area contributed by atoms with Crippen LogP contribution in [0.4, 0.5) is 0 Å². The number of hydrogen-bond acceptors (Lipinski definition) is 0. The van der Waals surface area contributed by atoms with Crippen LogP contribution in [0.25, 0.3) is 0 Å². The molecule has 0 aromatic carbocycles. The van der Waals surface area contributed by atoms with Gasteiger partial charge in [-0.2, -0.15) is 0 Å². The molecule has 0 amide bonds. The molecule has 14 heavy (non-hydrogen) atoms. The molecule has 0 aromatic heterocycles. The average Bonchev–Trinajstić information content (AvgIpc) is 2.63. The van der Waals surface area contributed by atoms with E-state index in [-0.39, 0.29) is 0 Å². The van der Waals surface area contributed by atoms with Gasteiger partial charge in [-0.05, 0) is 42.9 Å². The highest BCUT2D eigenvalue weighted by molar-refractivity contribution is 5.16. The van der Waals surface area contributed by atoms with E-state index < -0.39 is 0 Å². The Hall–Kier alpha value is -1.00. The molecule has 4 unspecified atom stereocenters. The van der Waals surface area contributed by atoms with Gasteiger partial charge in [-0.25, -0.2) is 0 Å². The fourth-order valence-corrected chi connectivity index (χ4v) is 2.93. The number of rotatable bonds is 1. The SMILES string of the molecule is C1=CC(C2CC3C=CC2C3)C1.C=C=C. The van der Waals surface area contributed by atoms with Crippen molar-refractivity contribution in [3.05, 3.63) is 43.2 Å². The van der Waals surface area contributed by atoms with Crippen molar-refractivity contribution in [1.82, 2.24) is 0 Å². The molecule has 1 fully saturated rings. The van der Waals surface area contributed by atoms with Gasteiger partial charge in [0.1, 0.15) is 0 Å². The summed E-state index contributed by atoms with van der Waals surface area (Å²) in [5.74, 6) is 3.89. The van der Waals surface area contributed by atoms with Gasteiger partial charge < -0.3 is 0 Å². The van der Waals surface area contributed by atoms with Gasteiger partial charge in [-0.3, -0.25) is 0 Å². The van der Waals surface area contributed by atoms with Crippen LogP contribution in [0.1, 0.15) is 19.3 Å². The van der Waals surface area contributed by atoms with Crippen molar-refractivity contribution in [2.24, 2.45) is 23.7 Å². The molecule has 0 aromatic rings. The van der Waals surface area contributed by atoms with E-state index in [4.69, 9.17) is 0 Å². The third-order valence-corrected chi connectivity index (χ3v) is 3.67. The summed E-state index contributed by atoms with van der Waals surface area (Å²) in [7, 11) is 0. The monoisotopic (exact) mass is 186 g/mol. The Kier molecular flexibility index (Phi) is 2.74. The maximum Gasteiger partial charge on any atom is -0.0165 e.